The summed E-state index contributed by atoms with van der Waals surface area (Å²) in [6.45, 7) is 8.53. The Morgan fingerprint density at radius 3 is 2.34 bits per heavy atom. The normalized spacial score (nSPS) is 20.7. The number of amides is 2. The van der Waals surface area contributed by atoms with E-state index in [0.717, 1.165) is 21.9 Å². The zero-order valence-electron chi connectivity index (χ0n) is 18.7. The summed E-state index contributed by atoms with van der Waals surface area (Å²) in [6, 6.07) is 2.43. The third kappa shape index (κ3) is 4.98. The van der Waals surface area contributed by atoms with Crippen LogP contribution < -0.4 is 4.90 Å². The number of halogens is 3. The fraction of sp³-hybridized carbons (Fsp3) is 0.571. The fourth-order valence-electron chi connectivity index (χ4n) is 3.52. The van der Waals surface area contributed by atoms with Gasteiger partial charge in [-0.3, -0.25) is 9.69 Å². The van der Waals surface area contributed by atoms with Crippen LogP contribution in [0.25, 0.3) is 0 Å². The number of hydrogen-bond acceptors (Lipinski definition) is 6. The predicted molar refractivity (Wildman–Crippen MR) is 108 cm³/mol. The molecular formula is C21H27F3N2O6. The first kappa shape index (κ1) is 25.4. The molecule has 2 rings (SSSR count). The highest BCUT2D eigenvalue weighted by Crippen LogP contribution is 2.41. The molecule has 0 radical (unpaired) electrons. The molecule has 0 bridgehead atoms. The maximum atomic E-state index is 13.6. The van der Waals surface area contributed by atoms with Crippen LogP contribution in [0.1, 0.15) is 47.1 Å². The number of carbonyl (C=O) groups is 3. The molecule has 1 N–H and O–H groups in total. The number of ether oxygens (including phenoxy) is 2. The van der Waals surface area contributed by atoms with Crippen molar-refractivity contribution in [3.8, 4) is 5.75 Å². The van der Waals surface area contributed by atoms with Crippen molar-refractivity contribution in [3.63, 3.8) is 0 Å². The molecule has 1 unspecified atom stereocenters. The number of anilines is 1. The third-order valence-electron chi connectivity index (χ3n) is 4.87. The molecule has 1 aliphatic rings. The van der Waals surface area contributed by atoms with E-state index in [0.29, 0.717) is 12.4 Å². The highest BCUT2D eigenvalue weighted by Gasteiger charge is 2.58. The lowest BCUT2D eigenvalue weighted by Crippen LogP contribution is -2.62. The summed E-state index contributed by atoms with van der Waals surface area (Å²) in [5.74, 6) is -1.87. The maximum absolute atomic E-state index is 13.6. The molecule has 1 saturated heterocycles. The summed E-state index contributed by atoms with van der Waals surface area (Å²) >= 11 is 0. The van der Waals surface area contributed by atoms with Crippen molar-refractivity contribution in [1.82, 2.24) is 4.90 Å². The second-order valence-electron chi connectivity index (χ2n) is 9.11. The summed E-state index contributed by atoms with van der Waals surface area (Å²) < 4.78 is 50.8. The molecule has 1 aromatic carbocycles. The van der Waals surface area contributed by atoms with Crippen LogP contribution in [0, 0.1) is 0 Å². The van der Waals surface area contributed by atoms with Gasteiger partial charge in [-0.2, -0.15) is 13.2 Å². The van der Waals surface area contributed by atoms with E-state index < -0.39 is 52.9 Å². The number of aromatic hydroxyl groups is 1. The first-order valence-corrected chi connectivity index (χ1v) is 9.77. The molecular weight excluding hydrogens is 433 g/mol. The summed E-state index contributed by atoms with van der Waals surface area (Å²) in [4.78, 5) is 39.7. The number of carbonyl (C=O) groups excluding carboxylic acids is 3. The summed E-state index contributed by atoms with van der Waals surface area (Å²) in [7, 11) is 0. The summed E-state index contributed by atoms with van der Waals surface area (Å²) in [5.41, 5.74) is -5.49. The van der Waals surface area contributed by atoms with Gasteiger partial charge in [-0.05, 0) is 59.7 Å². The smallest absolute Gasteiger partial charge is 0.420 e. The average molecular weight is 460 g/mol. The van der Waals surface area contributed by atoms with Crippen LogP contribution in [0.3, 0.4) is 0 Å². The van der Waals surface area contributed by atoms with Crippen LogP contribution in [0.15, 0.2) is 18.2 Å². The molecule has 11 heteroatoms. The van der Waals surface area contributed by atoms with Crippen LogP contribution in [0.4, 0.5) is 23.7 Å². The standard InChI is InChI=1S/C21H27F3N2O6/c1-18(2,3)32-17(30)26-19(4,5)31-12-20(26,6)16(29)25(9-10-27)13-7-8-15(28)14(11-13)21(22,23)24/h7-8,10-11,28H,9,12H2,1-6H3. The van der Waals surface area contributed by atoms with Crippen LogP contribution in [0.5, 0.6) is 5.75 Å². The van der Waals surface area contributed by atoms with Gasteiger partial charge in [0.25, 0.3) is 5.91 Å². The molecule has 1 aliphatic heterocycles. The molecule has 178 valence electrons. The monoisotopic (exact) mass is 460 g/mol. The first-order valence-electron chi connectivity index (χ1n) is 9.77. The Labute approximate surface area is 183 Å². The molecule has 1 heterocycles. The Balaban J connectivity index is 2.54. The van der Waals surface area contributed by atoms with E-state index in [-0.39, 0.29) is 12.3 Å². The van der Waals surface area contributed by atoms with E-state index in [2.05, 4.69) is 0 Å². The highest BCUT2D eigenvalue weighted by atomic mass is 19.4. The minimum absolute atomic E-state index is 0.276. The fourth-order valence-corrected chi connectivity index (χ4v) is 3.52. The molecule has 1 atom stereocenters. The van der Waals surface area contributed by atoms with Crippen LogP contribution in [-0.4, -0.2) is 58.3 Å². The zero-order valence-corrected chi connectivity index (χ0v) is 18.7. The molecule has 0 spiro atoms. The number of phenolic OH excluding ortho intramolecular Hbond substituents is 1. The number of nitrogens with zero attached hydrogens (tertiary/aromatic N) is 2. The van der Waals surface area contributed by atoms with Gasteiger partial charge in [-0.25, -0.2) is 4.79 Å². The second-order valence-corrected chi connectivity index (χ2v) is 9.11. The molecule has 1 aromatic rings. The van der Waals surface area contributed by atoms with Crippen LogP contribution in [-0.2, 0) is 25.2 Å². The van der Waals surface area contributed by atoms with E-state index in [4.69, 9.17) is 9.47 Å². The van der Waals surface area contributed by atoms with Gasteiger partial charge in [0.1, 0.15) is 28.9 Å². The van der Waals surface area contributed by atoms with Crippen LogP contribution in [0.2, 0.25) is 0 Å². The molecule has 2 amide bonds. The third-order valence-corrected chi connectivity index (χ3v) is 4.87. The number of hydrogen-bond donors (Lipinski definition) is 1. The SMILES string of the molecule is CC(C)(C)OC(=O)N1C(C)(C)OCC1(C)C(=O)N(CC=O)c1ccc(O)c(C(F)(F)F)c1. The van der Waals surface area contributed by atoms with Crippen molar-refractivity contribution in [2.24, 2.45) is 0 Å². The van der Waals surface area contributed by atoms with Crippen LogP contribution >= 0.6 is 0 Å². The maximum Gasteiger partial charge on any atom is 0.420 e. The Morgan fingerprint density at radius 1 is 1.25 bits per heavy atom. The number of rotatable bonds is 4. The van der Waals surface area contributed by atoms with Gasteiger partial charge in [-0.1, -0.05) is 0 Å². The van der Waals surface area contributed by atoms with Crippen molar-refractivity contribution in [2.45, 2.75) is 64.6 Å². The lowest BCUT2D eigenvalue weighted by molar-refractivity contribution is -0.138. The van der Waals surface area contributed by atoms with Crippen molar-refractivity contribution in [1.29, 1.82) is 0 Å². The van der Waals surface area contributed by atoms with E-state index in [1.54, 1.807) is 34.6 Å². The number of benzene rings is 1. The van der Waals surface area contributed by atoms with Crippen molar-refractivity contribution >= 4 is 24.0 Å². The van der Waals surface area contributed by atoms with Gasteiger partial charge in [-0.15, -0.1) is 0 Å². The van der Waals surface area contributed by atoms with Gasteiger partial charge >= 0.3 is 12.3 Å². The van der Waals surface area contributed by atoms with Crippen molar-refractivity contribution in [2.75, 3.05) is 18.1 Å². The number of aldehydes is 1. The largest absolute Gasteiger partial charge is 0.507 e. The second kappa shape index (κ2) is 8.27. The Hall–Kier alpha value is -2.82. The Bertz CT molecular complexity index is 910. The molecule has 1 fully saturated rings. The minimum atomic E-state index is -4.89. The van der Waals surface area contributed by atoms with E-state index >= 15 is 0 Å². The van der Waals surface area contributed by atoms with Crippen molar-refractivity contribution in [3.05, 3.63) is 23.8 Å². The zero-order chi connectivity index (χ0) is 24.7. The Morgan fingerprint density at radius 2 is 1.84 bits per heavy atom. The van der Waals surface area contributed by atoms with Gasteiger partial charge in [0.2, 0.25) is 0 Å². The van der Waals surface area contributed by atoms with Gasteiger partial charge in [0.05, 0.1) is 18.7 Å². The average Bonchev–Trinajstić information content (AvgIpc) is 2.87. The van der Waals surface area contributed by atoms with Gasteiger partial charge < -0.3 is 24.3 Å². The van der Waals surface area contributed by atoms with E-state index in [1.165, 1.54) is 6.92 Å². The minimum Gasteiger partial charge on any atom is -0.507 e. The molecule has 32 heavy (non-hydrogen) atoms. The van der Waals surface area contributed by atoms with Gasteiger partial charge in [0, 0.05) is 5.69 Å². The van der Waals surface area contributed by atoms with E-state index in [1.807, 2.05) is 0 Å². The van der Waals surface area contributed by atoms with E-state index in [9.17, 15) is 32.7 Å². The van der Waals surface area contributed by atoms with Gasteiger partial charge in [0.15, 0.2) is 0 Å². The summed E-state index contributed by atoms with van der Waals surface area (Å²) in [5, 5.41) is 9.59. The molecule has 8 nitrogen and oxygen atoms in total. The number of phenols is 1. The van der Waals surface area contributed by atoms with Crippen molar-refractivity contribution < 1.29 is 42.1 Å². The molecule has 0 saturated carbocycles. The Kier molecular flexibility index (Phi) is 6.57. The number of alkyl halides is 3. The quantitative estimate of drug-likeness (QED) is 0.689. The first-order chi connectivity index (χ1) is 14.4. The molecule has 0 aromatic heterocycles. The predicted octanol–water partition coefficient (Wildman–Crippen LogP) is 3.71. The highest BCUT2D eigenvalue weighted by molar-refractivity contribution is 6.04. The molecule has 0 aliphatic carbocycles. The lowest BCUT2D eigenvalue weighted by atomic mass is 9.98. The lowest BCUT2D eigenvalue weighted by Gasteiger charge is -2.41. The topological polar surface area (TPSA) is 96.4 Å². The summed E-state index contributed by atoms with van der Waals surface area (Å²) in [6.07, 6.45) is -5.40.